The average Bonchev–Trinajstić information content (AvgIpc) is 2.84. The normalized spacial score (nSPS) is 22.1. The predicted molar refractivity (Wildman–Crippen MR) is 81.2 cm³/mol. The molecule has 1 fully saturated rings. The van der Waals surface area contributed by atoms with Crippen LogP contribution in [0.2, 0.25) is 0 Å². The van der Waals surface area contributed by atoms with Crippen LogP contribution in [0.1, 0.15) is 45.2 Å². The lowest BCUT2D eigenvalue weighted by Crippen LogP contribution is -2.44. The van der Waals surface area contributed by atoms with E-state index < -0.39 is 0 Å². The Labute approximate surface area is 126 Å². The highest BCUT2D eigenvalue weighted by Crippen LogP contribution is 2.27. The Morgan fingerprint density at radius 3 is 2.74 bits per heavy atom. The lowest BCUT2D eigenvalue weighted by molar-refractivity contribution is -0.131. The molecule has 0 saturated carbocycles. The van der Waals surface area contributed by atoms with Crippen LogP contribution < -0.4 is 5.32 Å². The van der Waals surface area contributed by atoms with Crippen LogP contribution >= 0.6 is 27.3 Å². The second kappa shape index (κ2) is 5.50. The van der Waals surface area contributed by atoms with Crippen molar-refractivity contribution in [1.82, 2.24) is 15.2 Å². The van der Waals surface area contributed by atoms with Crippen LogP contribution in [0.5, 0.6) is 0 Å². The van der Waals surface area contributed by atoms with Crippen molar-refractivity contribution in [3.05, 3.63) is 15.0 Å². The minimum Gasteiger partial charge on any atom is -0.336 e. The molecule has 1 aliphatic rings. The van der Waals surface area contributed by atoms with Gasteiger partial charge in [-0.2, -0.15) is 0 Å². The molecule has 0 aliphatic carbocycles. The number of carbonyl (C=O) groups is 1. The zero-order valence-electron chi connectivity index (χ0n) is 11.7. The first kappa shape index (κ1) is 14.9. The number of nitrogens with one attached hydrogen (secondary N) is 1. The molecule has 1 aliphatic heterocycles. The third kappa shape index (κ3) is 3.55. The molecule has 2 unspecified atom stereocenters. The van der Waals surface area contributed by atoms with Gasteiger partial charge in [-0.25, -0.2) is 4.98 Å². The van der Waals surface area contributed by atoms with Gasteiger partial charge in [0.1, 0.15) is 5.01 Å². The van der Waals surface area contributed by atoms with Gasteiger partial charge in [-0.3, -0.25) is 4.79 Å². The van der Waals surface area contributed by atoms with Crippen molar-refractivity contribution in [3.8, 4) is 0 Å². The minimum atomic E-state index is -0.0963. The number of halogens is 1. The van der Waals surface area contributed by atoms with Crippen molar-refractivity contribution in [3.63, 3.8) is 0 Å². The van der Waals surface area contributed by atoms with Gasteiger partial charge in [0.15, 0.2) is 0 Å². The molecule has 2 heterocycles. The maximum absolute atomic E-state index is 12.0. The fourth-order valence-electron chi connectivity index (χ4n) is 2.36. The second-order valence-electron chi connectivity index (χ2n) is 5.97. The van der Waals surface area contributed by atoms with E-state index in [-0.39, 0.29) is 23.5 Å². The lowest BCUT2D eigenvalue weighted by Gasteiger charge is -2.32. The number of hydrogen-bond acceptors (Lipinski definition) is 4. The minimum absolute atomic E-state index is 0.0963. The topological polar surface area (TPSA) is 45.2 Å². The van der Waals surface area contributed by atoms with Gasteiger partial charge in [0.05, 0.1) is 16.0 Å². The highest BCUT2D eigenvalue weighted by Gasteiger charge is 2.36. The highest BCUT2D eigenvalue weighted by atomic mass is 79.9. The highest BCUT2D eigenvalue weighted by molar-refractivity contribution is 9.11. The first-order chi connectivity index (χ1) is 8.77. The Morgan fingerprint density at radius 2 is 2.26 bits per heavy atom. The maximum atomic E-state index is 12.0. The van der Waals surface area contributed by atoms with Gasteiger partial charge in [0.25, 0.3) is 0 Å². The summed E-state index contributed by atoms with van der Waals surface area (Å²) in [5.74, 6) is 0.234. The van der Waals surface area contributed by atoms with E-state index in [0.717, 1.165) is 15.3 Å². The summed E-state index contributed by atoms with van der Waals surface area (Å²) in [6.07, 6.45) is 2.40. The van der Waals surface area contributed by atoms with Crippen molar-refractivity contribution >= 4 is 33.2 Å². The van der Waals surface area contributed by atoms with Gasteiger partial charge in [-0.15, -0.1) is 11.3 Å². The molecule has 1 aromatic rings. The Bertz CT molecular complexity index is 469. The van der Waals surface area contributed by atoms with E-state index in [1.165, 1.54) is 0 Å². The van der Waals surface area contributed by atoms with Crippen LogP contribution in [0.3, 0.4) is 0 Å². The number of nitrogens with zero attached hydrogens (tertiary/aromatic N) is 2. The fraction of sp³-hybridized carbons (Fsp3) is 0.692. The van der Waals surface area contributed by atoms with E-state index in [1.54, 1.807) is 11.3 Å². The molecule has 1 saturated heterocycles. The van der Waals surface area contributed by atoms with Crippen LogP contribution in [0.4, 0.5) is 0 Å². The third-order valence-electron chi connectivity index (χ3n) is 3.29. The molecule has 0 radical (unpaired) electrons. The molecule has 0 aromatic carbocycles. The lowest BCUT2D eigenvalue weighted by atomic mass is 10.1. The first-order valence-electron chi connectivity index (χ1n) is 6.45. The van der Waals surface area contributed by atoms with Gasteiger partial charge in [-0.1, -0.05) is 0 Å². The summed E-state index contributed by atoms with van der Waals surface area (Å²) >= 11 is 5.06. The summed E-state index contributed by atoms with van der Waals surface area (Å²) < 4.78 is 1.04. The molecule has 6 heteroatoms. The quantitative estimate of drug-likeness (QED) is 0.915. The fourth-order valence-corrected chi connectivity index (χ4v) is 3.61. The van der Waals surface area contributed by atoms with Crippen LogP contribution in [0.15, 0.2) is 9.98 Å². The standard InChI is InChI=1S/C13H20BrN3OS/c1-8(12-15-6-10(14)19-12)16-9-5-11(18)17(7-9)13(2,3)4/h6,8-9,16H,5,7H2,1-4H3. The maximum Gasteiger partial charge on any atom is 0.224 e. The van der Waals surface area contributed by atoms with E-state index in [2.05, 4.69) is 53.9 Å². The Kier molecular flexibility index (Phi) is 4.32. The average molecular weight is 346 g/mol. The first-order valence-corrected chi connectivity index (χ1v) is 8.06. The van der Waals surface area contributed by atoms with Crippen molar-refractivity contribution < 1.29 is 4.79 Å². The summed E-state index contributed by atoms with van der Waals surface area (Å²) in [6, 6.07) is 0.387. The largest absolute Gasteiger partial charge is 0.336 e. The van der Waals surface area contributed by atoms with Crippen molar-refractivity contribution in [2.45, 2.75) is 51.7 Å². The molecule has 1 aromatic heterocycles. The van der Waals surface area contributed by atoms with Gasteiger partial charge in [0, 0.05) is 24.5 Å². The summed E-state index contributed by atoms with van der Waals surface area (Å²) in [7, 11) is 0. The number of amides is 1. The molecule has 1 N–H and O–H groups in total. The van der Waals surface area contributed by atoms with E-state index in [1.807, 2.05) is 11.1 Å². The number of hydrogen-bond donors (Lipinski definition) is 1. The van der Waals surface area contributed by atoms with Crippen molar-refractivity contribution in [1.29, 1.82) is 0 Å². The Hall–Kier alpha value is -0.460. The molecule has 19 heavy (non-hydrogen) atoms. The van der Waals surface area contributed by atoms with Crippen molar-refractivity contribution in [2.75, 3.05) is 6.54 Å². The molecule has 0 spiro atoms. The van der Waals surface area contributed by atoms with E-state index in [4.69, 9.17) is 0 Å². The van der Waals surface area contributed by atoms with E-state index in [9.17, 15) is 4.79 Å². The summed E-state index contributed by atoms with van der Waals surface area (Å²) in [6.45, 7) is 9.10. The monoisotopic (exact) mass is 345 g/mol. The van der Waals surface area contributed by atoms with Gasteiger partial charge in [-0.05, 0) is 43.6 Å². The van der Waals surface area contributed by atoms with Crippen LogP contribution in [0, 0.1) is 0 Å². The molecule has 0 bridgehead atoms. The zero-order chi connectivity index (χ0) is 14.2. The number of aromatic nitrogens is 1. The molecular weight excluding hydrogens is 326 g/mol. The summed E-state index contributed by atoms with van der Waals surface area (Å²) in [5.41, 5.74) is -0.0963. The Morgan fingerprint density at radius 1 is 1.58 bits per heavy atom. The summed E-state index contributed by atoms with van der Waals surface area (Å²) in [4.78, 5) is 18.3. The third-order valence-corrected chi connectivity index (χ3v) is 4.95. The number of rotatable bonds is 3. The number of likely N-dealkylation sites (tertiary alicyclic amines) is 1. The SMILES string of the molecule is CC(NC1CC(=O)N(C(C)(C)C)C1)c1ncc(Br)s1. The smallest absolute Gasteiger partial charge is 0.224 e. The van der Waals surface area contributed by atoms with Gasteiger partial charge < -0.3 is 10.2 Å². The van der Waals surface area contributed by atoms with E-state index >= 15 is 0 Å². The molecule has 4 nitrogen and oxygen atoms in total. The van der Waals surface area contributed by atoms with Crippen LogP contribution in [-0.2, 0) is 4.79 Å². The van der Waals surface area contributed by atoms with Crippen LogP contribution in [-0.4, -0.2) is 33.9 Å². The van der Waals surface area contributed by atoms with Gasteiger partial charge >= 0.3 is 0 Å². The Balaban J connectivity index is 1.96. The molecule has 2 rings (SSSR count). The molecule has 2 atom stereocenters. The van der Waals surface area contributed by atoms with E-state index in [0.29, 0.717) is 6.42 Å². The molecular formula is C13H20BrN3OS. The number of carbonyl (C=O) groups excluding carboxylic acids is 1. The summed E-state index contributed by atoms with van der Waals surface area (Å²) in [5, 5.41) is 4.56. The molecule has 1 amide bonds. The number of thiazole rings is 1. The molecule has 106 valence electrons. The predicted octanol–water partition coefficient (Wildman–Crippen LogP) is 2.96. The van der Waals surface area contributed by atoms with Crippen molar-refractivity contribution in [2.24, 2.45) is 0 Å². The zero-order valence-corrected chi connectivity index (χ0v) is 14.1. The second-order valence-corrected chi connectivity index (χ2v) is 8.41. The van der Waals surface area contributed by atoms with Crippen LogP contribution in [0.25, 0.3) is 0 Å². The van der Waals surface area contributed by atoms with Gasteiger partial charge in [0.2, 0.25) is 5.91 Å².